The molecule has 3 heterocycles. The lowest BCUT2D eigenvalue weighted by Crippen LogP contribution is -2.22. The topological polar surface area (TPSA) is 73.6 Å². The minimum Gasteiger partial charge on any atom is -0.462 e. The van der Waals surface area contributed by atoms with Crippen LogP contribution in [0.1, 0.15) is 20.9 Å². The van der Waals surface area contributed by atoms with E-state index < -0.39 is 0 Å². The van der Waals surface area contributed by atoms with Gasteiger partial charge in [0.25, 0.3) is 5.91 Å². The van der Waals surface area contributed by atoms with Gasteiger partial charge in [0.1, 0.15) is 0 Å². The normalized spacial score (nSPS) is 12.4. The molecule has 1 aliphatic rings. The van der Waals surface area contributed by atoms with E-state index in [-0.39, 0.29) is 12.7 Å². The van der Waals surface area contributed by atoms with Gasteiger partial charge in [-0.15, -0.1) is 11.3 Å². The van der Waals surface area contributed by atoms with E-state index in [0.29, 0.717) is 23.6 Å². The van der Waals surface area contributed by atoms with E-state index >= 15 is 0 Å². The zero-order chi connectivity index (χ0) is 16.5. The summed E-state index contributed by atoms with van der Waals surface area (Å²) >= 11 is 1.51. The van der Waals surface area contributed by atoms with Gasteiger partial charge < -0.3 is 19.2 Å². The van der Waals surface area contributed by atoms with Crippen LogP contribution in [0, 0.1) is 6.92 Å². The quantitative estimate of drug-likeness (QED) is 0.787. The molecule has 0 saturated carbocycles. The molecular weight excluding hydrogens is 328 g/mol. The first kappa shape index (κ1) is 14.8. The minimum absolute atomic E-state index is 0.166. The number of amides is 1. The Bertz CT molecular complexity index is 886. The highest BCUT2D eigenvalue weighted by molar-refractivity contribution is 7.15. The van der Waals surface area contributed by atoms with Gasteiger partial charge in [0, 0.05) is 10.4 Å². The Labute approximate surface area is 142 Å². The van der Waals surface area contributed by atoms with Crippen molar-refractivity contribution in [2.75, 3.05) is 6.79 Å². The molecule has 1 aliphatic heterocycles. The molecule has 3 aromatic rings. The monoisotopic (exact) mass is 342 g/mol. The highest BCUT2D eigenvalue weighted by Crippen LogP contribution is 2.32. The standard InChI is InChI=1S/C17H14N2O4S/c1-10-15(24-17(19-10)13-3-2-6-21-13)8-18-16(20)11-4-5-12-14(7-11)23-9-22-12/h2-7H,8-9H2,1H3,(H,18,20). The molecule has 0 unspecified atom stereocenters. The fraction of sp³-hybridized carbons (Fsp3) is 0.176. The number of fused-ring (bicyclic) bond motifs is 1. The van der Waals surface area contributed by atoms with Crippen molar-refractivity contribution in [1.82, 2.24) is 10.3 Å². The van der Waals surface area contributed by atoms with Crippen LogP contribution >= 0.6 is 11.3 Å². The van der Waals surface area contributed by atoms with E-state index in [1.54, 1.807) is 24.5 Å². The molecular formula is C17H14N2O4S. The van der Waals surface area contributed by atoms with Crippen molar-refractivity contribution in [3.63, 3.8) is 0 Å². The molecule has 0 bridgehead atoms. The third kappa shape index (κ3) is 2.74. The number of carbonyl (C=O) groups excluding carboxylic acids is 1. The Kier molecular flexibility index (Phi) is 3.70. The maximum Gasteiger partial charge on any atom is 0.251 e. The summed E-state index contributed by atoms with van der Waals surface area (Å²) < 4.78 is 15.9. The van der Waals surface area contributed by atoms with Gasteiger partial charge in [-0.3, -0.25) is 4.79 Å². The van der Waals surface area contributed by atoms with E-state index in [1.807, 2.05) is 19.1 Å². The number of thiazole rings is 1. The molecule has 2 aromatic heterocycles. The molecule has 0 radical (unpaired) electrons. The van der Waals surface area contributed by atoms with Gasteiger partial charge in [-0.1, -0.05) is 0 Å². The Balaban J connectivity index is 1.46. The molecule has 1 amide bonds. The molecule has 0 saturated heterocycles. The number of nitrogens with one attached hydrogen (secondary N) is 1. The molecule has 0 spiro atoms. The van der Waals surface area contributed by atoms with Crippen LogP contribution < -0.4 is 14.8 Å². The lowest BCUT2D eigenvalue weighted by molar-refractivity contribution is 0.0951. The number of furan rings is 1. The van der Waals surface area contributed by atoms with E-state index in [2.05, 4.69) is 10.3 Å². The van der Waals surface area contributed by atoms with Crippen LogP contribution in [0.4, 0.5) is 0 Å². The van der Waals surface area contributed by atoms with Crippen LogP contribution in [0.25, 0.3) is 10.8 Å². The molecule has 1 N–H and O–H groups in total. The molecule has 6 nitrogen and oxygen atoms in total. The Hall–Kier alpha value is -2.80. The highest BCUT2D eigenvalue weighted by atomic mass is 32.1. The van der Waals surface area contributed by atoms with Crippen molar-refractivity contribution < 1.29 is 18.7 Å². The van der Waals surface area contributed by atoms with Gasteiger partial charge in [0.2, 0.25) is 6.79 Å². The minimum atomic E-state index is -0.166. The molecule has 24 heavy (non-hydrogen) atoms. The van der Waals surface area contributed by atoms with Crippen molar-refractivity contribution in [2.24, 2.45) is 0 Å². The second-order valence-corrected chi connectivity index (χ2v) is 6.34. The number of nitrogens with zero attached hydrogens (tertiary/aromatic N) is 1. The maximum atomic E-state index is 12.3. The van der Waals surface area contributed by atoms with E-state index in [9.17, 15) is 4.79 Å². The summed E-state index contributed by atoms with van der Waals surface area (Å²) in [5.74, 6) is 1.82. The van der Waals surface area contributed by atoms with Gasteiger partial charge in [0.15, 0.2) is 22.3 Å². The summed E-state index contributed by atoms with van der Waals surface area (Å²) in [5, 5.41) is 3.72. The van der Waals surface area contributed by atoms with Crippen LogP contribution in [-0.2, 0) is 6.54 Å². The summed E-state index contributed by atoms with van der Waals surface area (Å²) in [5.41, 5.74) is 1.42. The first-order valence-electron chi connectivity index (χ1n) is 7.39. The predicted molar refractivity (Wildman–Crippen MR) is 88.3 cm³/mol. The van der Waals surface area contributed by atoms with Crippen LogP contribution in [0.5, 0.6) is 11.5 Å². The average molecular weight is 342 g/mol. The molecule has 122 valence electrons. The van der Waals surface area contributed by atoms with Gasteiger partial charge >= 0.3 is 0 Å². The van der Waals surface area contributed by atoms with Crippen molar-refractivity contribution in [2.45, 2.75) is 13.5 Å². The molecule has 0 atom stereocenters. The summed E-state index contributed by atoms with van der Waals surface area (Å²) in [4.78, 5) is 17.8. The second kappa shape index (κ2) is 6.01. The lowest BCUT2D eigenvalue weighted by Gasteiger charge is -2.05. The van der Waals surface area contributed by atoms with E-state index in [4.69, 9.17) is 13.9 Å². The third-order valence-electron chi connectivity index (χ3n) is 3.67. The average Bonchev–Trinajstić information content (AvgIpc) is 3.32. The first-order chi connectivity index (χ1) is 11.7. The zero-order valence-electron chi connectivity index (χ0n) is 12.9. The van der Waals surface area contributed by atoms with Crippen LogP contribution in [0.15, 0.2) is 41.0 Å². The lowest BCUT2D eigenvalue weighted by atomic mass is 10.2. The fourth-order valence-corrected chi connectivity index (χ4v) is 3.37. The Morgan fingerprint density at radius 1 is 1.29 bits per heavy atom. The summed E-state index contributed by atoms with van der Waals surface area (Å²) in [6, 6.07) is 8.84. The van der Waals surface area contributed by atoms with Crippen molar-refractivity contribution in [3.8, 4) is 22.3 Å². The number of rotatable bonds is 4. The van der Waals surface area contributed by atoms with E-state index in [1.165, 1.54) is 11.3 Å². The first-order valence-corrected chi connectivity index (χ1v) is 8.20. The summed E-state index contributed by atoms with van der Waals surface area (Å²) in [7, 11) is 0. The van der Waals surface area contributed by atoms with Gasteiger partial charge in [0.05, 0.1) is 18.5 Å². The number of aromatic nitrogens is 1. The molecule has 1 aromatic carbocycles. The second-order valence-electron chi connectivity index (χ2n) is 5.26. The highest BCUT2D eigenvalue weighted by Gasteiger charge is 2.17. The predicted octanol–water partition coefficient (Wildman–Crippen LogP) is 3.37. The number of hydrogen-bond donors (Lipinski definition) is 1. The molecule has 4 rings (SSSR count). The van der Waals surface area contributed by atoms with Crippen molar-refractivity contribution in [3.05, 3.63) is 52.7 Å². The summed E-state index contributed by atoms with van der Waals surface area (Å²) in [6.45, 7) is 2.53. The number of benzene rings is 1. The Morgan fingerprint density at radius 2 is 2.17 bits per heavy atom. The number of carbonyl (C=O) groups is 1. The molecule has 0 fully saturated rings. The van der Waals surface area contributed by atoms with Crippen LogP contribution in [0.3, 0.4) is 0 Å². The number of ether oxygens (including phenoxy) is 2. The van der Waals surface area contributed by atoms with Gasteiger partial charge in [-0.05, 0) is 37.3 Å². The maximum absolute atomic E-state index is 12.3. The van der Waals surface area contributed by atoms with Crippen LogP contribution in [0.2, 0.25) is 0 Å². The SMILES string of the molecule is Cc1nc(-c2ccco2)sc1CNC(=O)c1ccc2c(c1)OCO2. The van der Waals surface area contributed by atoms with E-state index in [0.717, 1.165) is 21.3 Å². The third-order valence-corrected chi connectivity index (χ3v) is 4.84. The van der Waals surface area contributed by atoms with Crippen LogP contribution in [-0.4, -0.2) is 17.7 Å². The largest absolute Gasteiger partial charge is 0.462 e. The zero-order valence-corrected chi connectivity index (χ0v) is 13.7. The molecule has 0 aliphatic carbocycles. The smallest absolute Gasteiger partial charge is 0.251 e. The van der Waals surface area contributed by atoms with Crippen molar-refractivity contribution >= 4 is 17.2 Å². The number of aryl methyl sites for hydroxylation is 1. The Morgan fingerprint density at radius 3 is 3.00 bits per heavy atom. The fourth-order valence-electron chi connectivity index (χ4n) is 2.40. The van der Waals surface area contributed by atoms with Gasteiger partial charge in [-0.25, -0.2) is 4.98 Å². The van der Waals surface area contributed by atoms with Crippen molar-refractivity contribution in [1.29, 1.82) is 0 Å². The molecule has 7 heteroatoms. The van der Waals surface area contributed by atoms with Gasteiger partial charge in [-0.2, -0.15) is 0 Å². The summed E-state index contributed by atoms with van der Waals surface area (Å²) in [6.07, 6.45) is 1.62. The number of hydrogen-bond acceptors (Lipinski definition) is 6.